The van der Waals surface area contributed by atoms with Gasteiger partial charge in [-0.15, -0.1) is 0 Å². The van der Waals surface area contributed by atoms with Gasteiger partial charge in [0, 0.05) is 31.3 Å². The summed E-state index contributed by atoms with van der Waals surface area (Å²) < 4.78 is 31.0. The van der Waals surface area contributed by atoms with Crippen molar-refractivity contribution in [3.8, 4) is 5.75 Å². The van der Waals surface area contributed by atoms with Crippen molar-refractivity contribution in [3.05, 3.63) is 54.1 Å². The first-order valence-corrected chi connectivity index (χ1v) is 11.2. The molecule has 1 amide bonds. The average molecular weight is 403 g/mol. The van der Waals surface area contributed by atoms with E-state index in [0.29, 0.717) is 30.8 Å². The quantitative estimate of drug-likeness (QED) is 0.713. The number of hydrogen-bond acceptors (Lipinski definition) is 4. The van der Waals surface area contributed by atoms with E-state index >= 15 is 0 Å². The number of rotatable bonds is 7. The molecule has 3 rings (SSSR count). The van der Waals surface area contributed by atoms with Crippen LogP contribution in [0.5, 0.6) is 5.75 Å². The Bertz CT molecular complexity index is 943. The van der Waals surface area contributed by atoms with Gasteiger partial charge in [-0.05, 0) is 43.0 Å². The first-order valence-electron chi connectivity index (χ1n) is 9.40. The van der Waals surface area contributed by atoms with E-state index in [-0.39, 0.29) is 12.5 Å². The Labute approximate surface area is 166 Å². The summed E-state index contributed by atoms with van der Waals surface area (Å²) >= 11 is 0. The number of amides is 1. The van der Waals surface area contributed by atoms with Crippen LogP contribution in [-0.4, -0.2) is 40.8 Å². The van der Waals surface area contributed by atoms with E-state index in [0.717, 1.165) is 18.5 Å². The maximum atomic E-state index is 12.8. The van der Waals surface area contributed by atoms with E-state index in [9.17, 15) is 13.2 Å². The van der Waals surface area contributed by atoms with Crippen LogP contribution >= 0.6 is 0 Å². The number of ether oxygens (including phenoxy) is 1. The SMILES string of the molecule is COc1cccc(N(CCCC(=O)N2CCCc3ccccc32)S(C)(=O)=O)c1. The zero-order valence-electron chi connectivity index (χ0n) is 16.3. The first-order chi connectivity index (χ1) is 13.4. The van der Waals surface area contributed by atoms with Crippen molar-refractivity contribution >= 4 is 27.3 Å². The lowest BCUT2D eigenvalue weighted by Crippen LogP contribution is -2.36. The molecule has 2 aromatic carbocycles. The van der Waals surface area contributed by atoms with E-state index in [1.807, 2.05) is 23.1 Å². The summed E-state index contributed by atoms with van der Waals surface area (Å²) in [4.78, 5) is 14.6. The van der Waals surface area contributed by atoms with Crippen LogP contribution in [0.1, 0.15) is 24.8 Å². The highest BCUT2D eigenvalue weighted by atomic mass is 32.2. The molecule has 0 aliphatic carbocycles. The summed E-state index contributed by atoms with van der Waals surface area (Å²) in [7, 11) is -1.92. The normalized spacial score (nSPS) is 13.7. The molecule has 0 radical (unpaired) electrons. The van der Waals surface area contributed by atoms with Gasteiger partial charge in [0.05, 0.1) is 19.1 Å². The lowest BCUT2D eigenvalue weighted by atomic mass is 10.0. The molecule has 0 saturated carbocycles. The van der Waals surface area contributed by atoms with Gasteiger partial charge >= 0.3 is 0 Å². The van der Waals surface area contributed by atoms with Gasteiger partial charge in [-0.2, -0.15) is 0 Å². The lowest BCUT2D eigenvalue weighted by molar-refractivity contribution is -0.118. The summed E-state index contributed by atoms with van der Waals surface area (Å²) in [6, 6.07) is 14.9. The molecule has 0 atom stereocenters. The number of sulfonamides is 1. The topological polar surface area (TPSA) is 66.9 Å². The summed E-state index contributed by atoms with van der Waals surface area (Å²) in [6.45, 7) is 0.953. The Morgan fingerprint density at radius 3 is 2.71 bits per heavy atom. The number of anilines is 2. The molecule has 150 valence electrons. The summed E-state index contributed by atoms with van der Waals surface area (Å²) in [5.41, 5.74) is 2.71. The van der Waals surface area contributed by atoms with Crippen LogP contribution in [0.2, 0.25) is 0 Å². The van der Waals surface area contributed by atoms with E-state index in [1.54, 1.807) is 31.4 Å². The predicted molar refractivity (Wildman–Crippen MR) is 112 cm³/mol. The highest BCUT2D eigenvalue weighted by Gasteiger charge is 2.23. The molecule has 1 aliphatic rings. The van der Waals surface area contributed by atoms with Crippen molar-refractivity contribution in [2.75, 3.05) is 35.7 Å². The number of hydrogen-bond donors (Lipinski definition) is 0. The van der Waals surface area contributed by atoms with Gasteiger partial charge in [0.15, 0.2) is 0 Å². The summed E-state index contributed by atoms with van der Waals surface area (Å²) in [5.74, 6) is 0.624. The van der Waals surface area contributed by atoms with Gasteiger partial charge in [-0.3, -0.25) is 9.10 Å². The molecule has 0 N–H and O–H groups in total. The number of carbonyl (C=O) groups excluding carboxylic acids is 1. The van der Waals surface area contributed by atoms with Gasteiger partial charge in [0.2, 0.25) is 15.9 Å². The van der Waals surface area contributed by atoms with Crippen molar-refractivity contribution < 1.29 is 17.9 Å². The third-order valence-electron chi connectivity index (χ3n) is 4.90. The summed E-state index contributed by atoms with van der Waals surface area (Å²) in [5, 5.41) is 0. The van der Waals surface area contributed by atoms with E-state index in [4.69, 9.17) is 4.74 Å². The zero-order chi connectivity index (χ0) is 20.1. The molecule has 28 heavy (non-hydrogen) atoms. The third-order valence-corrected chi connectivity index (χ3v) is 6.10. The molecule has 2 aromatic rings. The Balaban J connectivity index is 1.67. The van der Waals surface area contributed by atoms with Crippen molar-refractivity contribution in [2.45, 2.75) is 25.7 Å². The fraction of sp³-hybridized carbons (Fsp3) is 0.381. The van der Waals surface area contributed by atoms with Gasteiger partial charge in [-0.25, -0.2) is 8.42 Å². The maximum Gasteiger partial charge on any atom is 0.232 e. The lowest BCUT2D eigenvalue weighted by Gasteiger charge is -2.30. The Morgan fingerprint density at radius 1 is 1.18 bits per heavy atom. The van der Waals surface area contributed by atoms with E-state index in [2.05, 4.69) is 6.07 Å². The van der Waals surface area contributed by atoms with Crippen LogP contribution in [0.3, 0.4) is 0 Å². The first kappa shape index (κ1) is 20.2. The van der Waals surface area contributed by atoms with Crippen molar-refractivity contribution in [3.63, 3.8) is 0 Å². The van der Waals surface area contributed by atoms with E-state index < -0.39 is 10.0 Å². The minimum Gasteiger partial charge on any atom is -0.497 e. The van der Waals surface area contributed by atoms with Gasteiger partial charge in [0.25, 0.3) is 0 Å². The molecule has 0 saturated heterocycles. The molecule has 7 heteroatoms. The molecular weight excluding hydrogens is 376 g/mol. The fourth-order valence-corrected chi connectivity index (χ4v) is 4.51. The number of methoxy groups -OCH3 is 1. The second kappa shape index (κ2) is 8.65. The molecule has 0 bridgehead atoms. The number of benzene rings is 2. The molecule has 1 heterocycles. The minimum absolute atomic E-state index is 0.0336. The highest BCUT2D eigenvalue weighted by Crippen LogP contribution is 2.28. The van der Waals surface area contributed by atoms with Crippen LogP contribution in [0.4, 0.5) is 11.4 Å². The van der Waals surface area contributed by atoms with Crippen LogP contribution in [0.15, 0.2) is 48.5 Å². The van der Waals surface area contributed by atoms with Crippen molar-refractivity contribution in [1.82, 2.24) is 0 Å². The Hall–Kier alpha value is -2.54. The van der Waals surface area contributed by atoms with Crippen molar-refractivity contribution in [1.29, 1.82) is 0 Å². The molecule has 0 aromatic heterocycles. The largest absolute Gasteiger partial charge is 0.497 e. The minimum atomic E-state index is -3.46. The molecular formula is C21H26N2O4S. The maximum absolute atomic E-state index is 12.8. The average Bonchev–Trinajstić information content (AvgIpc) is 2.69. The third kappa shape index (κ3) is 4.65. The van der Waals surface area contributed by atoms with E-state index in [1.165, 1.54) is 16.1 Å². The molecule has 0 spiro atoms. The standard InChI is InChI=1S/C21H26N2O4S/c1-27-19-11-5-10-18(16-19)23(28(2,25)26)15-7-13-21(24)22-14-6-9-17-8-3-4-12-20(17)22/h3-5,8,10-12,16H,6-7,9,13-15H2,1-2H3. The smallest absolute Gasteiger partial charge is 0.232 e. The van der Waals surface area contributed by atoms with Crippen molar-refractivity contribution in [2.24, 2.45) is 0 Å². The predicted octanol–water partition coefficient (Wildman–Crippen LogP) is 3.22. The number of aryl methyl sites for hydroxylation is 1. The number of carbonyl (C=O) groups is 1. The van der Waals surface area contributed by atoms with Crippen LogP contribution < -0.4 is 13.9 Å². The molecule has 0 fully saturated rings. The Kier molecular flexibility index (Phi) is 6.24. The Morgan fingerprint density at radius 2 is 1.96 bits per heavy atom. The second-order valence-corrected chi connectivity index (χ2v) is 8.82. The van der Waals surface area contributed by atoms with Gasteiger partial charge < -0.3 is 9.64 Å². The zero-order valence-corrected chi connectivity index (χ0v) is 17.1. The number of fused-ring (bicyclic) bond motifs is 1. The van der Waals surface area contributed by atoms with Crippen LogP contribution in [0.25, 0.3) is 0 Å². The van der Waals surface area contributed by atoms with Gasteiger partial charge in [-0.1, -0.05) is 24.3 Å². The summed E-state index contributed by atoms with van der Waals surface area (Å²) in [6.07, 6.45) is 3.85. The number of para-hydroxylation sites is 1. The number of nitrogens with zero attached hydrogens (tertiary/aromatic N) is 2. The van der Waals surface area contributed by atoms with Gasteiger partial charge in [0.1, 0.15) is 5.75 Å². The second-order valence-electron chi connectivity index (χ2n) is 6.92. The molecule has 6 nitrogen and oxygen atoms in total. The van der Waals surface area contributed by atoms with Crippen LogP contribution in [-0.2, 0) is 21.2 Å². The van der Waals surface area contributed by atoms with Crippen LogP contribution in [0, 0.1) is 0 Å². The molecule has 0 unspecified atom stereocenters. The fourth-order valence-electron chi connectivity index (χ4n) is 3.55. The monoisotopic (exact) mass is 402 g/mol. The highest BCUT2D eigenvalue weighted by molar-refractivity contribution is 7.92. The molecule has 1 aliphatic heterocycles.